The average Bonchev–Trinajstić information content (AvgIpc) is 3.41. The Morgan fingerprint density at radius 3 is 2.67 bits per heavy atom. The molecular formula is C22H22FN5O8. The van der Waals surface area contributed by atoms with E-state index in [1.54, 1.807) is 24.8 Å². The van der Waals surface area contributed by atoms with Gasteiger partial charge in [0.05, 0.1) is 29.3 Å². The first-order valence-electron chi connectivity index (χ1n) is 11.4. The molecule has 13 nitrogen and oxygen atoms in total. The minimum atomic E-state index is -1.75. The fourth-order valence-corrected chi connectivity index (χ4v) is 5.73. The standard InChI is InChI=1S/C22H22FN5O8/c1-8-5-28-14-10(4-22(16(28)9(2)35-8)18(29)25-20(31)26-19(22)30)3-12-15(13(14)23)36-27-17(12)33-6-11-7-34-21(32)24-11/h3,8-9,11,16H,4-7H2,1-2H3,(H,24,32)(H2,25,26,29,30,31)/t8-,9+,11-,16-/m1/s1. The van der Waals surface area contributed by atoms with Crippen LogP contribution in [0.3, 0.4) is 0 Å². The fourth-order valence-electron chi connectivity index (χ4n) is 5.73. The van der Waals surface area contributed by atoms with Crippen molar-refractivity contribution in [2.24, 2.45) is 5.41 Å². The summed E-state index contributed by atoms with van der Waals surface area (Å²) < 4.78 is 37.7. The molecule has 4 atom stereocenters. The monoisotopic (exact) mass is 503 g/mol. The molecule has 0 aliphatic carbocycles. The maximum absolute atomic E-state index is 16.0. The average molecular weight is 503 g/mol. The van der Waals surface area contributed by atoms with Gasteiger partial charge in [-0.3, -0.25) is 20.2 Å². The number of amides is 5. The number of hydrogen-bond acceptors (Lipinski definition) is 10. The number of ether oxygens (including phenoxy) is 3. The Hall–Kier alpha value is -3.94. The van der Waals surface area contributed by atoms with Gasteiger partial charge in [-0.1, -0.05) is 0 Å². The van der Waals surface area contributed by atoms with Crippen LogP contribution in [-0.4, -0.2) is 73.1 Å². The van der Waals surface area contributed by atoms with Gasteiger partial charge in [0.25, 0.3) is 5.88 Å². The van der Waals surface area contributed by atoms with Crippen molar-refractivity contribution in [2.75, 3.05) is 24.7 Å². The van der Waals surface area contributed by atoms with E-state index in [9.17, 15) is 19.2 Å². The summed E-state index contributed by atoms with van der Waals surface area (Å²) in [6.45, 7) is 3.82. The Morgan fingerprint density at radius 1 is 1.22 bits per heavy atom. The number of morpholine rings is 1. The number of halogens is 1. The Bertz CT molecular complexity index is 1310. The van der Waals surface area contributed by atoms with Crippen LogP contribution in [0.5, 0.6) is 5.88 Å². The number of alkyl carbamates (subject to hydrolysis) is 1. The molecule has 4 aliphatic heterocycles. The first-order valence-corrected chi connectivity index (χ1v) is 11.4. The second kappa shape index (κ2) is 7.78. The summed E-state index contributed by atoms with van der Waals surface area (Å²) in [6.07, 6.45) is -1.73. The van der Waals surface area contributed by atoms with Crippen molar-refractivity contribution >= 4 is 40.6 Å². The van der Waals surface area contributed by atoms with Crippen LogP contribution in [-0.2, 0) is 25.5 Å². The van der Waals surface area contributed by atoms with Crippen molar-refractivity contribution in [1.82, 2.24) is 21.1 Å². The van der Waals surface area contributed by atoms with E-state index in [0.29, 0.717) is 5.56 Å². The van der Waals surface area contributed by atoms with E-state index in [4.69, 9.17) is 18.7 Å². The predicted octanol–water partition coefficient (Wildman–Crippen LogP) is 0.345. The summed E-state index contributed by atoms with van der Waals surface area (Å²) >= 11 is 0. The van der Waals surface area contributed by atoms with E-state index in [2.05, 4.69) is 21.1 Å². The number of nitrogens with zero attached hydrogens (tertiary/aromatic N) is 2. The normalized spacial score (nSPS) is 28.8. The molecule has 0 unspecified atom stereocenters. The molecule has 5 heterocycles. The molecule has 1 aromatic heterocycles. The summed E-state index contributed by atoms with van der Waals surface area (Å²) in [5.41, 5.74) is -1.37. The lowest BCUT2D eigenvalue weighted by molar-refractivity contribution is -0.153. The lowest BCUT2D eigenvalue weighted by Gasteiger charge is -2.55. The lowest BCUT2D eigenvalue weighted by atomic mass is 9.66. The Balaban J connectivity index is 1.46. The summed E-state index contributed by atoms with van der Waals surface area (Å²) in [5, 5.41) is 11.0. The minimum Gasteiger partial charge on any atom is -0.473 e. The number of carbonyl (C=O) groups is 4. The third-order valence-corrected chi connectivity index (χ3v) is 7.09. The highest BCUT2D eigenvalue weighted by atomic mass is 19.1. The number of hydrogen-bond donors (Lipinski definition) is 3. The van der Waals surface area contributed by atoms with E-state index in [1.807, 2.05) is 0 Å². The SMILES string of the molecule is C[C@@H]1CN2c3c(cc4c(OC[C@@H]5COC(=O)N5)noc4c3F)CC3(C(=O)NC(=O)NC3=O)[C@H]2[C@H](C)O1. The highest BCUT2D eigenvalue weighted by molar-refractivity contribution is 6.20. The van der Waals surface area contributed by atoms with Crippen molar-refractivity contribution < 1.29 is 42.3 Å². The van der Waals surface area contributed by atoms with Gasteiger partial charge in [-0.05, 0) is 30.6 Å². The van der Waals surface area contributed by atoms with Crippen LogP contribution in [0.15, 0.2) is 10.6 Å². The molecule has 0 bridgehead atoms. The quantitative estimate of drug-likeness (QED) is 0.498. The molecule has 1 aromatic carbocycles. The highest BCUT2D eigenvalue weighted by Gasteiger charge is 2.63. The van der Waals surface area contributed by atoms with E-state index < -0.39 is 53.4 Å². The third-order valence-electron chi connectivity index (χ3n) is 7.09. The second-order valence-corrected chi connectivity index (χ2v) is 9.45. The molecule has 14 heteroatoms. The summed E-state index contributed by atoms with van der Waals surface area (Å²) in [7, 11) is 0. The zero-order chi connectivity index (χ0) is 25.4. The van der Waals surface area contributed by atoms with E-state index >= 15 is 4.39 Å². The highest BCUT2D eigenvalue weighted by Crippen LogP contribution is 2.49. The predicted molar refractivity (Wildman–Crippen MR) is 117 cm³/mol. The molecule has 1 spiro atoms. The molecule has 4 aliphatic rings. The maximum atomic E-state index is 16.0. The van der Waals surface area contributed by atoms with Crippen molar-refractivity contribution in [3.8, 4) is 5.88 Å². The zero-order valence-corrected chi connectivity index (χ0v) is 19.3. The molecule has 190 valence electrons. The number of nitrogens with one attached hydrogen (secondary N) is 3. The number of barbiturate groups is 1. The topological polar surface area (TPSA) is 161 Å². The zero-order valence-electron chi connectivity index (χ0n) is 19.3. The number of aromatic nitrogens is 1. The van der Waals surface area contributed by atoms with Crippen LogP contribution in [0, 0.1) is 11.2 Å². The Morgan fingerprint density at radius 2 is 1.97 bits per heavy atom. The lowest BCUT2D eigenvalue weighted by Crippen LogP contribution is -2.75. The van der Waals surface area contributed by atoms with Crippen LogP contribution in [0.1, 0.15) is 19.4 Å². The summed E-state index contributed by atoms with van der Waals surface area (Å²) in [4.78, 5) is 51.2. The molecule has 6 rings (SSSR count). The van der Waals surface area contributed by atoms with Crippen LogP contribution in [0.4, 0.5) is 19.7 Å². The number of carbonyl (C=O) groups excluding carboxylic acids is 4. The van der Waals surface area contributed by atoms with Gasteiger partial charge in [0, 0.05) is 13.0 Å². The smallest absolute Gasteiger partial charge is 0.407 e. The van der Waals surface area contributed by atoms with Crippen LogP contribution in [0.2, 0.25) is 0 Å². The molecule has 3 saturated heterocycles. The van der Waals surface area contributed by atoms with Gasteiger partial charge in [0.1, 0.15) is 19.3 Å². The van der Waals surface area contributed by atoms with Crippen molar-refractivity contribution in [3.63, 3.8) is 0 Å². The number of imide groups is 2. The van der Waals surface area contributed by atoms with E-state index in [-0.39, 0.29) is 54.8 Å². The van der Waals surface area contributed by atoms with Gasteiger partial charge in [-0.15, -0.1) is 0 Å². The Labute approximate surface area is 202 Å². The van der Waals surface area contributed by atoms with Crippen molar-refractivity contribution in [3.05, 3.63) is 17.4 Å². The Kier molecular flexibility index (Phi) is 4.87. The number of anilines is 1. The summed E-state index contributed by atoms with van der Waals surface area (Å²) in [5.74, 6) is -2.28. The fraction of sp³-hybridized carbons (Fsp3) is 0.500. The van der Waals surface area contributed by atoms with Gasteiger partial charge in [-0.25, -0.2) is 14.0 Å². The number of fused-ring (bicyclic) bond motifs is 5. The van der Waals surface area contributed by atoms with Crippen molar-refractivity contribution in [1.29, 1.82) is 0 Å². The van der Waals surface area contributed by atoms with Gasteiger partial charge >= 0.3 is 12.1 Å². The number of cyclic esters (lactones) is 1. The number of urea groups is 1. The first kappa shape index (κ1) is 22.5. The molecule has 5 amide bonds. The molecule has 0 radical (unpaired) electrons. The van der Waals surface area contributed by atoms with Gasteiger partial charge in [-0.2, -0.15) is 0 Å². The molecule has 0 saturated carbocycles. The molecule has 3 fully saturated rings. The van der Waals surface area contributed by atoms with Gasteiger partial charge in [0.15, 0.2) is 11.2 Å². The number of rotatable bonds is 3. The molecule has 2 aromatic rings. The summed E-state index contributed by atoms with van der Waals surface area (Å²) in [6, 6.07) is -0.640. The number of benzene rings is 1. The van der Waals surface area contributed by atoms with Gasteiger partial charge < -0.3 is 29.0 Å². The third kappa shape index (κ3) is 3.13. The van der Waals surface area contributed by atoms with Gasteiger partial charge in [0.2, 0.25) is 17.4 Å². The molecule has 36 heavy (non-hydrogen) atoms. The minimum absolute atomic E-state index is 0.00348. The van der Waals surface area contributed by atoms with Crippen LogP contribution >= 0.6 is 0 Å². The largest absolute Gasteiger partial charge is 0.473 e. The van der Waals surface area contributed by atoms with E-state index in [0.717, 1.165) is 0 Å². The van der Waals surface area contributed by atoms with Crippen molar-refractivity contribution in [2.45, 2.75) is 44.6 Å². The maximum Gasteiger partial charge on any atom is 0.407 e. The second-order valence-electron chi connectivity index (χ2n) is 9.45. The van der Waals surface area contributed by atoms with E-state index in [1.165, 1.54) is 0 Å². The molecule has 3 N–H and O–H groups in total. The molecular weight excluding hydrogens is 481 g/mol. The van der Waals surface area contributed by atoms with Crippen LogP contribution in [0.25, 0.3) is 11.0 Å². The van der Waals surface area contributed by atoms with Crippen LogP contribution < -0.4 is 25.6 Å². The first-order chi connectivity index (χ1) is 17.2.